The number of hydrogen-bond acceptors (Lipinski definition) is 3. The smallest absolute Gasteiger partial charge is 0.0785 e. The van der Waals surface area contributed by atoms with Gasteiger partial charge in [-0.3, -0.25) is 0 Å². The number of ether oxygens (including phenoxy) is 3. The van der Waals surface area contributed by atoms with E-state index in [1.807, 2.05) is 39.0 Å². The molecule has 18 heavy (non-hydrogen) atoms. The Bertz CT molecular complexity index is 300. The van der Waals surface area contributed by atoms with E-state index in [9.17, 15) is 0 Å². The van der Waals surface area contributed by atoms with E-state index in [-0.39, 0.29) is 12.2 Å². The lowest BCUT2D eigenvalue weighted by molar-refractivity contribution is -0.0599. The summed E-state index contributed by atoms with van der Waals surface area (Å²) in [6, 6.07) is 10.2. The van der Waals surface area contributed by atoms with Crippen molar-refractivity contribution in [2.45, 2.75) is 39.6 Å². The second-order valence-corrected chi connectivity index (χ2v) is 4.41. The minimum atomic E-state index is 0.0919. The molecule has 3 nitrogen and oxygen atoms in total. The van der Waals surface area contributed by atoms with Crippen molar-refractivity contribution >= 4 is 0 Å². The monoisotopic (exact) mass is 252 g/mol. The highest BCUT2D eigenvalue weighted by molar-refractivity contribution is 5.13. The Morgan fingerprint density at radius 1 is 0.944 bits per heavy atom. The third-order valence-corrected chi connectivity index (χ3v) is 2.55. The van der Waals surface area contributed by atoms with E-state index in [4.69, 9.17) is 14.2 Å². The summed E-state index contributed by atoms with van der Waals surface area (Å²) in [5.74, 6) is 0. The van der Waals surface area contributed by atoms with Gasteiger partial charge in [-0.05, 0) is 26.3 Å². The lowest BCUT2D eigenvalue weighted by atomic mass is 10.2. The van der Waals surface area contributed by atoms with Gasteiger partial charge in [-0.25, -0.2) is 0 Å². The zero-order valence-corrected chi connectivity index (χ0v) is 11.6. The molecule has 0 fully saturated rings. The molecule has 0 saturated carbocycles. The summed E-state index contributed by atoms with van der Waals surface area (Å²) in [6.07, 6.45) is 0.210. The van der Waals surface area contributed by atoms with Gasteiger partial charge < -0.3 is 14.2 Å². The largest absolute Gasteiger partial charge is 0.379 e. The van der Waals surface area contributed by atoms with Crippen molar-refractivity contribution in [1.82, 2.24) is 0 Å². The van der Waals surface area contributed by atoms with Crippen molar-refractivity contribution in [2.24, 2.45) is 0 Å². The number of rotatable bonds is 9. The number of hydrogen-bond donors (Lipinski definition) is 0. The first-order chi connectivity index (χ1) is 8.72. The zero-order valence-electron chi connectivity index (χ0n) is 11.6. The first-order valence-electron chi connectivity index (χ1n) is 6.57. The van der Waals surface area contributed by atoms with Crippen LogP contribution in [0.4, 0.5) is 0 Å². The Morgan fingerprint density at radius 3 is 2.28 bits per heavy atom. The highest BCUT2D eigenvalue weighted by atomic mass is 16.6. The highest BCUT2D eigenvalue weighted by Crippen LogP contribution is 2.04. The summed E-state index contributed by atoms with van der Waals surface area (Å²) in [5, 5.41) is 0. The maximum Gasteiger partial charge on any atom is 0.0785 e. The molecular formula is C15H24O3. The van der Waals surface area contributed by atoms with Crippen molar-refractivity contribution in [2.75, 3.05) is 19.8 Å². The predicted molar refractivity (Wildman–Crippen MR) is 72.6 cm³/mol. The molecular weight excluding hydrogens is 228 g/mol. The van der Waals surface area contributed by atoms with Crippen LogP contribution in [0.25, 0.3) is 0 Å². The molecule has 102 valence electrons. The average molecular weight is 252 g/mol. The van der Waals surface area contributed by atoms with Gasteiger partial charge in [0.2, 0.25) is 0 Å². The maximum absolute atomic E-state index is 5.72. The molecule has 0 bridgehead atoms. The van der Waals surface area contributed by atoms with Gasteiger partial charge in [0.05, 0.1) is 32.0 Å². The summed E-state index contributed by atoms with van der Waals surface area (Å²) in [5.41, 5.74) is 1.19. The molecule has 2 atom stereocenters. The van der Waals surface area contributed by atoms with Gasteiger partial charge in [-0.15, -0.1) is 0 Å². The van der Waals surface area contributed by atoms with Gasteiger partial charge in [0.1, 0.15) is 0 Å². The molecule has 0 saturated heterocycles. The van der Waals surface area contributed by atoms with E-state index in [0.717, 1.165) is 6.61 Å². The standard InChI is InChI=1S/C15H24O3/c1-4-16-10-13(2)17-11-14(3)18-12-15-8-6-5-7-9-15/h5-9,13-14H,4,10-12H2,1-3H3. The summed E-state index contributed by atoms with van der Waals surface area (Å²) < 4.78 is 16.7. The molecule has 1 aromatic rings. The summed E-state index contributed by atoms with van der Waals surface area (Å²) >= 11 is 0. The SMILES string of the molecule is CCOCC(C)OCC(C)OCc1ccccc1. The third kappa shape index (κ3) is 6.74. The van der Waals surface area contributed by atoms with Crippen LogP contribution >= 0.6 is 0 Å². The van der Waals surface area contributed by atoms with Crippen molar-refractivity contribution in [3.8, 4) is 0 Å². The van der Waals surface area contributed by atoms with Gasteiger partial charge in [-0.1, -0.05) is 30.3 Å². The van der Waals surface area contributed by atoms with Gasteiger partial charge >= 0.3 is 0 Å². The normalized spacial score (nSPS) is 14.4. The molecule has 1 rings (SSSR count). The minimum absolute atomic E-state index is 0.0919. The lowest BCUT2D eigenvalue weighted by Gasteiger charge is -2.17. The highest BCUT2D eigenvalue weighted by Gasteiger charge is 2.07. The fraction of sp³-hybridized carbons (Fsp3) is 0.600. The van der Waals surface area contributed by atoms with E-state index in [1.54, 1.807) is 0 Å². The van der Waals surface area contributed by atoms with Gasteiger partial charge in [0, 0.05) is 6.61 Å². The van der Waals surface area contributed by atoms with Gasteiger partial charge in [0.15, 0.2) is 0 Å². The quantitative estimate of drug-likeness (QED) is 0.676. The van der Waals surface area contributed by atoms with Crippen LogP contribution in [-0.2, 0) is 20.8 Å². The molecule has 3 heteroatoms. The third-order valence-electron chi connectivity index (χ3n) is 2.55. The molecule has 0 aliphatic heterocycles. The van der Waals surface area contributed by atoms with Gasteiger partial charge in [-0.2, -0.15) is 0 Å². The Hall–Kier alpha value is -0.900. The molecule has 2 unspecified atom stereocenters. The summed E-state index contributed by atoms with van der Waals surface area (Å²) in [4.78, 5) is 0. The van der Waals surface area contributed by atoms with Crippen molar-refractivity contribution in [3.05, 3.63) is 35.9 Å². The fourth-order valence-electron chi connectivity index (χ4n) is 1.49. The molecule has 0 N–H and O–H groups in total. The molecule has 0 aromatic heterocycles. The van der Waals surface area contributed by atoms with Crippen LogP contribution in [0.2, 0.25) is 0 Å². The molecule has 0 aliphatic carbocycles. The van der Waals surface area contributed by atoms with E-state index in [2.05, 4.69) is 12.1 Å². The Kier molecular flexibility index (Phi) is 7.65. The van der Waals surface area contributed by atoms with E-state index >= 15 is 0 Å². The lowest BCUT2D eigenvalue weighted by Crippen LogP contribution is -2.23. The maximum atomic E-state index is 5.72. The van der Waals surface area contributed by atoms with Crippen LogP contribution in [-0.4, -0.2) is 32.0 Å². The number of benzene rings is 1. The summed E-state index contributed by atoms with van der Waals surface area (Å²) in [7, 11) is 0. The molecule has 0 radical (unpaired) electrons. The molecule has 0 heterocycles. The van der Waals surface area contributed by atoms with Crippen molar-refractivity contribution < 1.29 is 14.2 Å². The first-order valence-corrected chi connectivity index (χ1v) is 6.57. The van der Waals surface area contributed by atoms with Gasteiger partial charge in [0.25, 0.3) is 0 Å². The van der Waals surface area contributed by atoms with Crippen molar-refractivity contribution in [1.29, 1.82) is 0 Å². The fourth-order valence-corrected chi connectivity index (χ4v) is 1.49. The Labute approximate surface area is 110 Å². The zero-order chi connectivity index (χ0) is 13.2. The van der Waals surface area contributed by atoms with Crippen molar-refractivity contribution in [3.63, 3.8) is 0 Å². The molecule has 0 amide bonds. The van der Waals surface area contributed by atoms with Crippen LogP contribution in [0.3, 0.4) is 0 Å². The Morgan fingerprint density at radius 2 is 1.61 bits per heavy atom. The topological polar surface area (TPSA) is 27.7 Å². The minimum Gasteiger partial charge on any atom is -0.379 e. The molecule has 0 spiro atoms. The van der Waals surface area contributed by atoms with Crippen LogP contribution in [0.15, 0.2) is 30.3 Å². The second-order valence-electron chi connectivity index (χ2n) is 4.41. The van der Waals surface area contributed by atoms with E-state index < -0.39 is 0 Å². The second kappa shape index (κ2) is 9.09. The van der Waals surface area contributed by atoms with Crippen LogP contribution in [0, 0.1) is 0 Å². The van der Waals surface area contributed by atoms with E-state index in [1.165, 1.54) is 5.56 Å². The molecule has 1 aromatic carbocycles. The first kappa shape index (κ1) is 15.2. The summed E-state index contributed by atoms with van der Waals surface area (Å²) in [6.45, 7) is 8.62. The van der Waals surface area contributed by atoms with E-state index in [0.29, 0.717) is 19.8 Å². The van der Waals surface area contributed by atoms with Crippen LogP contribution in [0.5, 0.6) is 0 Å². The van der Waals surface area contributed by atoms with Crippen LogP contribution in [0.1, 0.15) is 26.3 Å². The van der Waals surface area contributed by atoms with Crippen LogP contribution < -0.4 is 0 Å². The molecule has 0 aliphatic rings. The Balaban J connectivity index is 2.12. The average Bonchev–Trinajstić information content (AvgIpc) is 2.41. The predicted octanol–water partition coefficient (Wildman–Crippen LogP) is 3.03.